The summed E-state index contributed by atoms with van der Waals surface area (Å²) in [5.41, 5.74) is 2.65. The summed E-state index contributed by atoms with van der Waals surface area (Å²) < 4.78 is 6.05. The highest BCUT2D eigenvalue weighted by Crippen LogP contribution is 2.44. The molecule has 2 fully saturated rings. The molecular weight excluding hydrogens is 302 g/mol. The van der Waals surface area contributed by atoms with E-state index < -0.39 is 0 Å². The van der Waals surface area contributed by atoms with E-state index in [-0.39, 0.29) is 11.5 Å². The highest BCUT2D eigenvalue weighted by atomic mass is 16.5. The number of hydrogen-bond donors (Lipinski definition) is 0. The maximum absolute atomic E-state index is 12.3. The second kappa shape index (κ2) is 5.11. The minimum absolute atomic E-state index is 0.250. The van der Waals surface area contributed by atoms with Gasteiger partial charge in [0.05, 0.1) is 25.4 Å². The van der Waals surface area contributed by atoms with E-state index in [1.807, 2.05) is 41.4 Å². The van der Waals surface area contributed by atoms with E-state index in [9.17, 15) is 4.79 Å². The molecule has 1 saturated heterocycles. The summed E-state index contributed by atoms with van der Waals surface area (Å²) in [5, 5.41) is 0. The molecule has 0 bridgehead atoms. The van der Waals surface area contributed by atoms with Crippen LogP contribution in [0.1, 0.15) is 30.5 Å². The van der Waals surface area contributed by atoms with Crippen molar-refractivity contribution in [1.82, 2.24) is 14.9 Å². The molecule has 1 saturated carbocycles. The van der Waals surface area contributed by atoms with Gasteiger partial charge in [0.25, 0.3) is 0 Å². The summed E-state index contributed by atoms with van der Waals surface area (Å²) in [4.78, 5) is 23.5. The van der Waals surface area contributed by atoms with Gasteiger partial charge in [-0.1, -0.05) is 36.8 Å². The zero-order valence-corrected chi connectivity index (χ0v) is 13.4. The molecule has 1 aromatic heterocycles. The van der Waals surface area contributed by atoms with Crippen LogP contribution in [-0.4, -0.2) is 33.9 Å². The molecule has 1 amide bonds. The number of ether oxygens (including phenoxy) is 1. The van der Waals surface area contributed by atoms with Gasteiger partial charge >= 0.3 is 0 Å². The van der Waals surface area contributed by atoms with Gasteiger partial charge < -0.3 is 9.64 Å². The number of likely N-dealkylation sites (tertiary alicyclic amines) is 1. The number of rotatable bonds is 2. The van der Waals surface area contributed by atoms with Crippen molar-refractivity contribution in [2.75, 3.05) is 13.1 Å². The van der Waals surface area contributed by atoms with E-state index in [0.717, 1.165) is 35.5 Å². The van der Waals surface area contributed by atoms with Crippen molar-refractivity contribution in [3.05, 3.63) is 47.8 Å². The number of aromatic nitrogens is 2. The first-order valence-corrected chi connectivity index (χ1v) is 8.60. The van der Waals surface area contributed by atoms with Gasteiger partial charge in [0.1, 0.15) is 5.60 Å². The van der Waals surface area contributed by atoms with E-state index >= 15 is 0 Å². The molecule has 3 heterocycles. The number of benzene rings is 1. The molecule has 3 aliphatic rings. The minimum atomic E-state index is -0.371. The summed E-state index contributed by atoms with van der Waals surface area (Å²) in [6, 6.07) is 9.97. The van der Waals surface area contributed by atoms with Crippen molar-refractivity contribution < 1.29 is 9.53 Å². The lowest BCUT2D eigenvalue weighted by molar-refractivity contribution is -0.174. The zero-order chi connectivity index (χ0) is 16.1. The van der Waals surface area contributed by atoms with E-state index in [0.29, 0.717) is 25.6 Å². The summed E-state index contributed by atoms with van der Waals surface area (Å²) in [6.07, 6.45) is 5.17. The Hall–Kier alpha value is -2.27. The normalized spacial score (nSPS) is 21.2. The molecule has 1 aliphatic carbocycles. The quantitative estimate of drug-likeness (QED) is 0.853. The first-order chi connectivity index (χ1) is 11.8. The van der Waals surface area contributed by atoms with Gasteiger partial charge in [-0.25, -0.2) is 9.97 Å². The van der Waals surface area contributed by atoms with Crippen LogP contribution in [0.25, 0.3) is 11.4 Å². The third kappa shape index (κ3) is 2.01. The van der Waals surface area contributed by atoms with Crippen LogP contribution in [0.2, 0.25) is 0 Å². The van der Waals surface area contributed by atoms with Gasteiger partial charge in [-0.2, -0.15) is 0 Å². The molecule has 122 valence electrons. The molecule has 5 rings (SSSR count). The Balaban J connectivity index is 1.37. The SMILES string of the molecule is O=C(C1CCC1)N1CC2(C1)OCc1nc(-c3ccccc3)ncc12. The summed E-state index contributed by atoms with van der Waals surface area (Å²) >= 11 is 0. The molecule has 0 atom stereocenters. The van der Waals surface area contributed by atoms with Gasteiger partial charge in [0.15, 0.2) is 5.82 Å². The lowest BCUT2D eigenvalue weighted by atomic mass is 9.81. The fourth-order valence-corrected chi connectivity index (χ4v) is 3.82. The van der Waals surface area contributed by atoms with Gasteiger partial charge in [-0.05, 0) is 12.8 Å². The molecule has 0 unspecified atom stereocenters. The van der Waals surface area contributed by atoms with Crippen LogP contribution in [0.3, 0.4) is 0 Å². The third-order valence-corrected chi connectivity index (χ3v) is 5.53. The lowest BCUT2D eigenvalue weighted by Crippen LogP contribution is -2.62. The summed E-state index contributed by atoms with van der Waals surface area (Å²) in [5.74, 6) is 1.28. The van der Waals surface area contributed by atoms with Crippen molar-refractivity contribution >= 4 is 5.91 Å². The molecule has 2 aromatic rings. The summed E-state index contributed by atoms with van der Waals surface area (Å²) in [6.45, 7) is 1.79. The molecule has 24 heavy (non-hydrogen) atoms. The Morgan fingerprint density at radius 3 is 2.71 bits per heavy atom. The Bertz CT molecular complexity index is 796. The fraction of sp³-hybridized carbons (Fsp3) is 0.421. The first kappa shape index (κ1) is 14.1. The molecule has 0 radical (unpaired) electrons. The van der Waals surface area contributed by atoms with Crippen LogP contribution >= 0.6 is 0 Å². The van der Waals surface area contributed by atoms with Crippen molar-refractivity contribution in [3.8, 4) is 11.4 Å². The number of fused-ring (bicyclic) bond motifs is 2. The van der Waals surface area contributed by atoms with Crippen molar-refractivity contribution in [2.24, 2.45) is 5.92 Å². The molecular formula is C19H19N3O2. The zero-order valence-electron chi connectivity index (χ0n) is 13.4. The minimum Gasteiger partial charge on any atom is -0.360 e. The van der Waals surface area contributed by atoms with Crippen LogP contribution in [0.4, 0.5) is 0 Å². The molecule has 5 heteroatoms. The molecule has 5 nitrogen and oxygen atoms in total. The second-order valence-corrected chi connectivity index (χ2v) is 7.03. The first-order valence-electron chi connectivity index (χ1n) is 8.60. The van der Waals surface area contributed by atoms with E-state index in [1.165, 1.54) is 6.42 Å². The maximum Gasteiger partial charge on any atom is 0.225 e. The van der Waals surface area contributed by atoms with Gasteiger partial charge in [0.2, 0.25) is 5.91 Å². The molecule has 0 N–H and O–H groups in total. The Morgan fingerprint density at radius 2 is 2.00 bits per heavy atom. The van der Waals surface area contributed by atoms with Gasteiger partial charge in [-0.15, -0.1) is 0 Å². The van der Waals surface area contributed by atoms with Crippen molar-refractivity contribution in [2.45, 2.75) is 31.5 Å². The topological polar surface area (TPSA) is 55.3 Å². The number of nitrogens with zero attached hydrogens (tertiary/aromatic N) is 3. The van der Waals surface area contributed by atoms with Crippen molar-refractivity contribution in [3.63, 3.8) is 0 Å². The number of hydrogen-bond acceptors (Lipinski definition) is 4. The third-order valence-electron chi connectivity index (χ3n) is 5.53. The lowest BCUT2D eigenvalue weighted by Gasteiger charge is -2.49. The Kier molecular flexibility index (Phi) is 3.00. The van der Waals surface area contributed by atoms with Crippen LogP contribution in [0.5, 0.6) is 0 Å². The Labute approximate surface area is 140 Å². The highest BCUT2D eigenvalue weighted by Gasteiger charge is 2.53. The van der Waals surface area contributed by atoms with E-state index in [1.54, 1.807) is 0 Å². The standard InChI is InChI=1S/C19H19N3O2/c23-18(14-7-4-8-14)22-11-19(12-22)15-9-20-17(21-16(15)10-24-19)13-5-2-1-3-6-13/h1-3,5-6,9,14H,4,7-8,10-12H2. The van der Waals surface area contributed by atoms with Gasteiger partial charge in [-0.3, -0.25) is 4.79 Å². The van der Waals surface area contributed by atoms with Crippen LogP contribution in [0, 0.1) is 5.92 Å². The Morgan fingerprint density at radius 1 is 1.21 bits per heavy atom. The average molecular weight is 321 g/mol. The molecule has 1 aromatic carbocycles. The fourth-order valence-electron chi connectivity index (χ4n) is 3.82. The predicted octanol–water partition coefficient (Wildman–Crippen LogP) is 2.51. The molecule has 1 spiro atoms. The number of amides is 1. The van der Waals surface area contributed by atoms with E-state index in [2.05, 4.69) is 4.98 Å². The monoisotopic (exact) mass is 321 g/mol. The number of carbonyl (C=O) groups excluding carboxylic acids is 1. The smallest absolute Gasteiger partial charge is 0.225 e. The van der Waals surface area contributed by atoms with Gasteiger partial charge in [0, 0.05) is 23.2 Å². The maximum atomic E-state index is 12.3. The largest absolute Gasteiger partial charge is 0.360 e. The van der Waals surface area contributed by atoms with Crippen LogP contribution < -0.4 is 0 Å². The number of carbonyl (C=O) groups is 1. The average Bonchev–Trinajstić information content (AvgIpc) is 2.91. The van der Waals surface area contributed by atoms with Crippen LogP contribution in [-0.2, 0) is 21.7 Å². The van der Waals surface area contributed by atoms with E-state index in [4.69, 9.17) is 9.72 Å². The van der Waals surface area contributed by atoms with Crippen molar-refractivity contribution in [1.29, 1.82) is 0 Å². The summed E-state index contributed by atoms with van der Waals surface area (Å²) in [7, 11) is 0. The van der Waals surface area contributed by atoms with Crippen LogP contribution in [0.15, 0.2) is 36.5 Å². The second-order valence-electron chi connectivity index (χ2n) is 7.03. The molecule has 2 aliphatic heterocycles. The highest BCUT2D eigenvalue weighted by molar-refractivity contribution is 5.81. The predicted molar refractivity (Wildman–Crippen MR) is 87.9 cm³/mol.